The third-order valence-electron chi connectivity index (χ3n) is 0.407. The van der Waals surface area contributed by atoms with E-state index in [0.29, 0.717) is 6.42 Å². The van der Waals surface area contributed by atoms with Gasteiger partial charge in [0.15, 0.2) is 0 Å². The molecule has 2 heteroatoms. The Bertz CT molecular complexity index is 28.7. The molecule has 0 saturated heterocycles. The van der Waals surface area contributed by atoms with Crippen molar-refractivity contribution in [3.63, 3.8) is 0 Å². The van der Waals surface area contributed by atoms with Crippen molar-refractivity contribution in [3.8, 4) is 0 Å². The summed E-state index contributed by atoms with van der Waals surface area (Å²) in [6.45, 7) is 1.98. The van der Waals surface area contributed by atoms with E-state index >= 15 is 0 Å². The molecule has 0 atom stereocenters. The number of carbonyl (C=O) groups excluding carboxylic acids is 1. The molecule has 0 spiro atoms. The van der Waals surface area contributed by atoms with E-state index in [1.54, 1.807) is 0 Å². The molecule has 0 amide bonds. The van der Waals surface area contributed by atoms with Crippen LogP contribution in [0.2, 0.25) is 0 Å². The summed E-state index contributed by atoms with van der Waals surface area (Å²) in [5.74, 6) is 0. The summed E-state index contributed by atoms with van der Waals surface area (Å²) in [5.41, 5.74) is 0. The first kappa shape index (κ1) is 9.74. The van der Waals surface area contributed by atoms with Crippen LogP contribution in [-0.4, -0.2) is 6.29 Å². The molecular formula is C4H8OSc. The van der Waals surface area contributed by atoms with Crippen LogP contribution in [-0.2, 0) is 30.6 Å². The van der Waals surface area contributed by atoms with Crippen LogP contribution in [0.15, 0.2) is 0 Å². The smallest absolute Gasteiger partial charge is 0.119 e. The van der Waals surface area contributed by atoms with Gasteiger partial charge in [-0.2, -0.15) is 0 Å². The molecule has 1 nitrogen and oxygen atoms in total. The van der Waals surface area contributed by atoms with Crippen LogP contribution in [0.3, 0.4) is 0 Å². The van der Waals surface area contributed by atoms with Gasteiger partial charge in [0.2, 0.25) is 0 Å². The molecule has 0 rings (SSSR count). The maximum absolute atomic E-state index is 9.40. The summed E-state index contributed by atoms with van der Waals surface area (Å²) in [5, 5.41) is 0. The molecule has 33 valence electrons. The van der Waals surface area contributed by atoms with Gasteiger partial charge in [0, 0.05) is 32.3 Å². The predicted molar refractivity (Wildman–Crippen MR) is 21.0 cm³/mol. The molecule has 0 aliphatic heterocycles. The Hall–Kier alpha value is 0.540. The van der Waals surface area contributed by atoms with Crippen LogP contribution in [0.1, 0.15) is 19.8 Å². The summed E-state index contributed by atoms with van der Waals surface area (Å²) >= 11 is 0. The summed E-state index contributed by atoms with van der Waals surface area (Å²) in [7, 11) is 0. The van der Waals surface area contributed by atoms with Gasteiger partial charge in [-0.1, -0.05) is 6.92 Å². The Kier molecular flexibility index (Phi) is 14.8. The minimum atomic E-state index is 0. The van der Waals surface area contributed by atoms with E-state index in [1.165, 1.54) is 0 Å². The van der Waals surface area contributed by atoms with Crippen LogP contribution in [0.4, 0.5) is 0 Å². The van der Waals surface area contributed by atoms with E-state index in [1.807, 2.05) is 6.92 Å². The minimum Gasteiger partial charge on any atom is -0.303 e. The second kappa shape index (κ2) is 9.11. The van der Waals surface area contributed by atoms with Crippen molar-refractivity contribution in [2.45, 2.75) is 19.8 Å². The Morgan fingerprint density at radius 1 is 1.67 bits per heavy atom. The predicted octanol–water partition coefficient (Wildman–Crippen LogP) is 0.983. The summed E-state index contributed by atoms with van der Waals surface area (Å²) in [6.07, 6.45) is 2.61. The van der Waals surface area contributed by atoms with Crippen LogP contribution < -0.4 is 0 Å². The molecule has 0 aromatic heterocycles. The summed E-state index contributed by atoms with van der Waals surface area (Å²) in [4.78, 5) is 9.40. The number of carbonyl (C=O) groups is 1. The molecule has 0 bridgehead atoms. The zero-order valence-electron chi connectivity index (χ0n) is 3.98. The fourth-order valence-corrected chi connectivity index (χ4v) is 0.118. The minimum absolute atomic E-state index is 0. The molecule has 0 aliphatic rings. The largest absolute Gasteiger partial charge is 0.303 e. The average Bonchev–Trinajstić information content (AvgIpc) is 1.41. The van der Waals surface area contributed by atoms with Crippen molar-refractivity contribution in [1.82, 2.24) is 0 Å². The van der Waals surface area contributed by atoms with Crippen molar-refractivity contribution in [2.24, 2.45) is 0 Å². The number of rotatable bonds is 2. The van der Waals surface area contributed by atoms with Crippen LogP contribution in [0.25, 0.3) is 0 Å². The molecule has 0 unspecified atom stereocenters. The average molecular weight is 117 g/mol. The van der Waals surface area contributed by atoms with Gasteiger partial charge in [-0.3, -0.25) is 0 Å². The van der Waals surface area contributed by atoms with Crippen molar-refractivity contribution in [2.75, 3.05) is 0 Å². The Labute approximate surface area is 56.9 Å². The standard InChI is InChI=1S/C4H8O.Sc/c1-2-3-4-5;/h4H,2-3H2,1H3;. The second-order valence-electron chi connectivity index (χ2n) is 0.955. The fraction of sp³-hybridized carbons (Fsp3) is 0.750. The van der Waals surface area contributed by atoms with Gasteiger partial charge < -0.3 is 4.79 Å². The molecule has 6 heavy (non-hydrogen) atoms. The van der Waals surface area contributed by atoms with E-state index in [4.69, 9.17) is 0 Å². The maximum Gasteiger partial charge on any atom is 0.119 e. The van der Waals surface area contributed by atoms with Gasteiger partial charge in [-0.05, 0) is 6.42 Å². The van der Waals surface area contributed by atoms with Crippen LogP contribution in [0.5, 0.6) is 0 Å². The molecule has 0 saturated carbocycles. The first-order valence-corrected chi connectivity index (χ1v) is 1.85. The Balaban J connectivity index is 0. The van der Waals surface area contributed by atoms with Crippen LogP contribution in [0, 0.1) is 0 Å². The first-order valence-electron chi connectivity index (χ1n) is 1.85. The second-order valence-corrected chi connectivity index (χ2v) is 0.955. The van der Waals surface area contributed by atoms with E-state index < -0.39 is 0 Å². The fourth-order valence-electron chi connectivity index (χ4n) is 0.118. The van der Waals surface area contributed by atoms with Crippen LogP contribution >= 0.6 is 0 Å². The van der Waals surface area contributed by atoms with E-state index in [0.717, 1.165) is 12.7 Å². The first-order chi connectivity index (χ1) is 2.41. The number of hydrogen-bond donors (Lipinski definition) is 0. The van der Waals surface area contributed by atoms with Gasteiger partial charge in [0.25, 0.3) is 0 Å². The van der Waals surface area contributed by atoms with Gasteiger partial charge >= 0.3 is 0 Å². The van der Waals surface area contributed by atoms with Gasteiger partial charge in [-0.15, -0.1) is 0 Å². The van der Waals surface area contributed by atoms with Gasteiger partial charge in [0.05, 0.1) is 0 Å². The SMILES string of the molecule is CCCC=O.[Sc]. The van der Waals surface area contributed by atoms with Crippen molar-refractivity contribution in [1.29, 1.82) is 0 Å². The quantitative estimate of drug-likeness (QED) is 0.493. The number of unbranched alkanes of at least 4 members (excludes halogenated alkanes) is 1. The number of hydrogen-bond acceptors (Lipinski definition) is 1. The Morgan fingerprint density at radius 2 is 2.17 bits per heavy atom. The van der Waals surface area contributed by atoms with Crippen molar-refractivity contribution < 1.29 is 30.6 Å². The summed E-state index contributed by atoms with van der Waals surface area (Å²) in [6, 6.07) is 0. The molecule has 0 aromatic rings. The van der Waals surface area contributed by atoms with Gasteiger partial charge in [0.1, 0.15) is 6.29 Å². The molecule has 0 heterocycles. The third-order valence-corrected chi connectivity index (χ3v) is 0.407. The molecule has 1 radical (unpaired) electrons. The summed E-state index contributed by atoms with van der Waals surface area (Å²) < 4.78 is 0. The zero-order chi connectivity index (χ0) is 4.12. The zero-order valence-corrected chi connectivity index (χ0v) is 5.78. The topological polar surface area (TPSA) is 17.1 Å². The molecule has 0 aliphatic carbocycles. The van der Waals surface area contributed by atoms with E-state index in [9.17, 15) is 4.79 Å². The normalized spacial score (nSPS) is 6.17. The number of aldehydes is 1. The molecule has 0 aromatic carbocycles. The third kappa shape index (κ3) is 8.82. The monoisotopic (exact) mass is 117 g/mol. The van der Waals surface area contributed by atoms with Crippen molar-refractivity contribution in [3.05, 3.63) is 0 Å². The maximum atomic E-state index is 9.40. The van der Waals surface area contributed by atoms with E-state index in [-0.39, 0.29) is 25.8 Å². The van der Waals surface area contributed by atoms with E-state index in [2.05, 4.69) is 0 Å². The van der Waals surface area contributed by atoms with Crippen molar-refractivity contribution >= 4 is 6.29 Å². The molecule has 0 N–H and O–H groups in total. The molecule has 0 fully saturated rings. The van der Waals surface area contributed by atoms with Gasteiger partial charge in [-0.25, -0.2) is 0 Å². The molecular weight excluding hydrogens is 109 g/mol. The Morgan fingerprint density at radius 3 is 2.17 bits per heavy atom.